The second kappa shape index (κ2) is 21.5. The predicted molar refractivity (Wildman–Crippen MR) is 201 cm³/mol. The molecular weight excluding hydrogens is 970 g/mol. The number of carbonyl (C=O) groups is 2. The van der Waals surface area contributed by atoms with Gasteiger partial charge in [-0.3, -0.25) is 34.4 Å². The number of aromatic hydroxyl groups is 2. The maximum Gasteiger partial charge on any atom is 3.00 e. The minimum Gasteiger partial charge on any atom is -0.872 e. The third-order valence-electron chi connectivity index (χ3n) is 8.43. The third kappa shape index (κ3) is 12.4. The van der Waals surface area contributed by atoms with E-state index in [4.69, 9.17) is 0 Å². The number of azo groups is 2. The normalized spacial score (nSPS) is 11.3. The molecular formula is C36H21FeN6Na2O18S2. The number of non-ortho nitro benzene ring substituents is 2. The molecule has 29 heteroatoms. The van der Waals surface area contributed by atoms with Crippen molar-refractivity contribution in [3.8, 4) is 34.5 Å². The van der Waals surface area contributed by atoms with Crippen LogP contribution in [0.15, 0.2) is 103 Å². The van der Waals surface area contributed by atoms with Gasteiger partial charge >= 0.3 is 76.2 Å². The molecule has 0 aliphatic heterocycles. The zero-order valence-corrected chi connectivity index (χ0v) is 40.0. The molecule has 0 aliphatic rings. The molecule has 24 nitrogen and oxygen atoms in total. The van der Waals surface area contributed by atoms with E-state index in [-0.39, 0.29) is 115 Å². The van der Waals surface area contributed by atoms with Gasteiger partial charge < -0.3 is 35.2 Å². The van der Waals surface area contributed by atoms with Crippen molar-refractivity contribution in [3.05, 3.63) is 104 Å². The first-order valence-corrected chi connectivity index (χ1v) is 19.4. The van der Waals surface area contributed by atoms with Gasteiger partial charge in [0.2, 0.25) is 0 Å². The first kappa shape index (κ1) is 55.5. The molecule has 6 aromatic rings. The number of ketones is 2. The number of hydrogen-bond donors (Lipinski definition) is 3. The van der Waals surface area contributed by atoms with Gasteiger partial charge in [0, 0.05) is 63.0 Å². The summed E-state index contributed by atoms with van der Waals surface area (Å²) in [5, 5.41) is 103. The molecule has 0 aliphatic carbocycles. The number of nitrogens with zero attached hydrogens (tertiary/aromatic N) is 6. The summed E-state index contributed by atoms with van der Waals surface area (Å²) in [5.41, 5.74) is -3.21. The van der Waals surface area contributed by atoms with Crippen molar-refractivity contribution in [2.75, 3.05) is 0 Å². The van der Waals surface area contributed by atoms with Gasteiger partial charge in [0.05, 0.1) is 26.1 Å². The number of benzene rings is 6. The Morgan fingerprint density at radius 1 is 0.554 bits per heavy atom. The quantitative estimate of drug-likeness (QED) is 0.0354. The molecule has 0 saturated heterocycles. The number of fused-ring (bicyclic) bond motifs is 2. The Hall–Kier alpha value is -5.68. The Labute approximate surface area is 418 Å². The summed E-state index contributed by atoms with van der Waals surface area (Å²) in [7, 11) is -10.0. The van der Waals surface area contributed by atoms with Gasteiger partial charge in [-0.1, -0.05) is 29.1 Å². The Morgan fingerprint density at radius 2 is 1.00 bits per heavy atom. The summed E-state index contributed by atoms with van der Waals surface area (Å²) in [6.45, 7) is 2.23. The summed E-state index contributed by atoms with van der Waals surface area (Å²) in [5.74, 6) is -6.06. The third-order valence-corrected chi connectivity index (χ3v) is 10.2. The van der Waals surface area contributed by atoms with E-state index in [2.05, 4.69) is 20.5 Å². The second-order valence-electron chi connectivity index (χ2n) is 12.5. The predicted octanol–water partition coefficient (Wildman–Crippen LogP) is -1.41. The van der Waals surface area contributed by atoms with Crippen molar-refractivity contribution < 1.29 is 152 Å². The average molecular weight is 992 g/mol. The van der Waals surface area contributed by atoms with E-state index in [1.165, 1.54) is 0 Å². The van der Waals surface area contributed by atoms with E-state index >= 15 is 0 Å². The van der Waals surface area contributed by atoms with Crippen LogP contribution in [0.2, 0.25) is 0 Å². The summed E-state index contributed by atoms with van der Waals surface area (Å²) in [6.07, 6.45) is 0. The average Bonchev–Trinajstić information content (AvgIpc) is 3.16. The Kier molecular flexibility index (Phi) is 18.4. The number of carbonyl (C=O) groups excluding carboxylic acids is 2. The van der Waals surface area contributed by atoms with Gasteiger partial charge in [0.25, 0.3) is 21.5 Å². The van der Waals surface area contributed by atoms with Crippen molar-refractivity contribution in [2.45, 2.75) is 23.6 Å². The number of nitro groups is 2. The van der Waals surface area contributed by atoms with E-state index in [0.717, 1.165) is 68.4 Å². The molecule has 0 spiro atoms. The van der Waals surface area contributed by atoms with Gasteiger partial charge in [-0.25, -0.2) is 8.42 Å². The van der Waals surface area contributed by atoms with Crippen molar-refractivity contribution in [1.29, 1.82) is 0 Å². The summed E-state index contributed by atoms with van der Waals surface area (Å²) >= 11 is 0. The summed E-state index contributed by atoms with van der Waals surface area (Å²) < 4.78 is 67.4. The van der Waals surface area contributed by atoms with Crippen molar-refractivity contribution in [2.24, 2.45) is 20.5 Å². The van der Waals surface area contributed by atoms with Crippen LogP contribution in [0, 0.1) is 20.2 Å². The molecule has 6 rings (SSSR count). The molecule has 6 aromatic carbocycles. The fraction of sp³-hybridized carbons (Fsp3) is 0.0556. The van der Waals surface area contributed by atoms with Gasteiger partial charge in [-0.15, -0.1) is 10.2 Å². The molecule has 3 N–H and O–H groups in total. The molecule has 0 amide bonds. The minimum absolute atomic E-state index is 0. The molecule has 65 heavy (non-hydrogen) atoms. The van der Waals surface area contributed by atoms with E-state index < -0.39 is 114 Å². The number of rotatable bonds is 10. The van der Waals surface area contributed by atoms with Crippen LogP contribution < -0.4 is 79.5 Å². The largest absolute Gasteiger partial charge is 3.00 e. The standard InChI is InChI=1S/2C18H13N3O9S.Fe.2Na/c2*1-8(22)11-5-13(15(24)6-14(11)23)19-20-18-10-3-2-9(21(26)27)4-12(10)17(7-16(18)25)31(28,29)30;;;/h2*2-7,23-25H,1H3,(H,28,29,30);;;/q;;+3;2*+1/p-5. The van der Waals surface area contributed by atoms with Crippen LogP contribution in [0.25, 0.3) is 21.5 Å². The van der Waals surface area contributed by atoms with Crippen LogP contribution in [0.5, 0.6) is 34.5 Å². The molecule has 325 valence electrons. The van der Waals surface area contributed by atoms with Crippen LogP contribution in [0.1, 0.15) is 34.6 Å². The summed E-state index contributed by atoms with van der Waals surface area (Å²) in [4.78, 5) is 41.7. The van der Waals surface area contributed by atoms with Crippen LogP contribution >= 0.6 is 0 Å². The first-order valence-electron chi connectivity index (χ1n) is 16.5. The zero-order valence-electron chi connectivity index (χ0n) is 33.2. The smallest absolute Gasteiger partial charge is 0.872 e. The number of hydrogen-bond acceptors (Lipinski definition) is 21. The topological polar surface area (TPSA) is 414 Å². The van der Waals surface area contributed by atoms with Crippen molar-refractivity contribution in [1.82, 2.24) is 0 Å². The van der Waals surface area contributed by atoms with Gasteiger partial charge in [-0.2, -0.15) is 18.6 Å². The molecule has 0 unspecified atom stereocenters. The fourth-order valence-electron chi connectivity index (χ4n) is 5.57. The van der Waals surface area contributed by atoms with Crippen LogP contribution in [0.4, 0.5) is 34.1 Å². The van der Waals surface area contributed by atoms with E-state index in [0.29, 0.717) is 18.2 Å². The van der Waals surface area contributed by atoms with Gasteiger partial charge in [0.1, 0.15) is 37.9 Å². The Bertz CT molecular complexity index is 3030. The molecule has 0 bridgehead atoms. The SMILES string of the molecule is CC(=O)c1cc(N=Nc2c(O)cc(S(=O)(=O)O)c3cc([N+](=O)[O-])ccc23)c(O)cc1[O-].CC(=O)c1cc(N=Nc2c([O-])cc(S(=O)(=O)[O-])c3cc([N+](=O)[O-])ccc23)c([O-])cc1[O-].[Fe+3].[Na+].[Na+]. The van der Waals surface area contributed by atoms with E-state index in [1.807, 2.05) is 0 Å². The summed E-state index contributed by atoms with van der Waals surface area (Å²) in [6, 6.07) is 10.1. The molecule has 0 fully saturated rings. The molecule has 0 heterocycles. The number of phenolic OH excluding ortho intramolecular Hbond substituents is 2. The molecule has 0 atom stereocenters. The Morgan fingerprint density at radius 3 is 1.48 bits per heavy atom. The monoisotopic (exact) mass is 991 g/mol. The van der Waals surface area contributed by atoms with E-state index in [1.54, 1.807) is 0 Å². The minimum atomic E-state index is -5.17. The van der Waals surface area contributed by atoms with Crippen LogP contribution in [-0.4, -0.2) is 57.6 Å². The molecule has 1 radical (unpaired) electrons. The number of Topliss-reactive ketones (excluding diaryl/α,β-unsaturated/α-hetero) is 2. The maximum absolute atomic E-state index is 12.4. The van der Waals surface area contributed by atoms with Crippen molar-refractivity contribution >= 4 is 87.5 Å². The number of nitro benzene ring substituents is 2. The number of phenols is 2. The fourth-order valence-corrected chi connectivity index (χ4v) is 6.97. The Balaban J connectivity index is 0.000000427. The maximum atomic E-state index is 12.4. The zero-order chi connectivity index (χ0) is 46.2. The molecule has 0 aromatic heterocycles. The van der Waals surface area contributed by atoms with Crippen molar-refractivity contribution in [3.63, 3.8) is 0 Å². The van der Waals surface area contributed by atoms with Gasteiger partial charge in [0.15, 0.2) is 11.6 Å². The van der Waals surface area contributed by atoms with E-state index in [9.17, 15) is 86.4 Å². The van der Waals surface area contributed by atoms with Gasteiger partial charge in [-0.05, 0) is 50.2 Å². The second-order valence-corrected chi connectivity index (χ2v) is 15.3. The molecule has 0 saturated carbocycles. The van der Waals surface area contributed by atoms with Crippen LogP contribution in [0.3, 0.4) is 0 Å². The van der Waals surface area contributed by atoms with Crippen LogP contribution in [-0.2, 0) is 37.3 Å². The first-order chi connectivity index (χ1) is 28.8.